The normalized spacial score (nSPS) is 16.4. The van der Waals surface area contributed by atoms with Crippen LogP contribution in [0.3, 0.4) is 0 Å². The third-order valence-electron chi connectivity index (χ3n) is 4.81. The first-order valence-electron chi connectivity index (χ1n) is 9.45. The van der Waals surface area contributed by atoms with E-state index in [0.29, 0.717) is 30.0 Å². The third-order valence-corrected chi connectivity index (χ3v) is 4.81. The average molecular weight is 374 g/mol. The topological polar surface area (TPSA) is 96.9 Å². The summed E-state index contributed by atoms with van der Waals surface area (Å²) in [4.78, 5) is 23.7. The van der Waals surface area contributed by atoms with Crippen LogP contribution in [0.1, 0.15) is 50.2 Å². The first-order valence-corrected chi connectivity index (χ1v) is 9.45. The highest BCUT2D eigenvalue weighted by Gasteiger charge is 2.18. The molecule has 1 aromatic rings. The Bertz CT molecular complexity index is 716. The van der Waals surface area contributed by atoms with Gasteiger partial charge in [0, 0.05) is 13.1 Å². The van der Waals surface area contributed by atoms with Gasteiger partial charge < -0.3 is 25.2 Å². The van der Waals surface area contributed by atoms with Crippen LogP contribution in [0.4, 0.5) is 0 Å². The van der Waals surface area contributed by atoms with Crippen molar-refractivity contribution in [1.29, 1.82) is 0 Å². The first-order chi connectivity index (χ1) is 13.1. The molecule has 1 unspecified atom stereocenters. The SMILES string of the molecule is O=C(NCCC1=CCCCC1)C(=O)NCCC(O)c1ccc2c(c1)OCO2. The van der Waals surface area contributed by atoms with Gasteiger partial charge in [-0.15, -0.1) is 0 Å². The molecule has 0 saturated heterocycles. The van der Waals surface area contributed by atoms with Crippen LogP contribution in [0.25, 0.3) is 0 Å². The van der Waals surface area contributed by atoms with Gasteiger partial charge in [0.2, 0.25) is 6.79 Å². The summed E-state index contributed by atoms with van der Waals surface area (Å²) in [6, 6.07) is 5.23. The fourth-order valence-electron chi connectivity index (χ4n) is 3.24. The van der Waals surface area contributed by atoms with Crippen LogP contribution in [0.15, 0.2) is 29.8 Å². The monoisotopic (exact) mass is 374 g/mol. The van der Waals surface area contributed by atoms with E-state index in [1.165, 1.54) is 18.4 Å². The lowest BCUT2D eigenvalue weighted by atomic mass is 9.97. The Morgan fingerprint density at radius 1 is 1.07 bits per heavy atom. The summed E-state index contributed by atoms with van der Waals surface area (Å²) < 4.78 is 10.5. The molecule has 3 rings (SSSR count). The van der Waals surface area contributed by atoms with E-state index in [1.807, 2.05) is 0 Å². The molecule has 2 aliphatic rings. The number of amides is 2. The van der Waals surface area contributed by atoms with Crippen LogP contribution < -0.4 is 20.1 Å². The van der Waals surface area contributed by atoms with Crippen molar-refractivity contribution in [2.24, 2.45) is 0 Å². The molecule has 1 aromatic carbocycles. The maximum Gasteiger partial charge on any atom is 0.309 e. The van der Waals surface area contributed by atoms with Gasteiger partial charge in [0.25, 0.3) is 0 Å². The van der Waals surface area contributed by atoms with Gasteiger partial charge in [0.05, 0.1) is 6.10 Å². The molecule has 7 heteroatoms. The molecule has 1 aliphatic heterocycles. The summed E-state index contributed by atoms with van der Waals surface area (Å²) in [5.41, 5.74) is 2.03. The Morgan fingerprint density at radius 3 is 2.63 bits per heavy atom. The maximum absolute atomic E-state index is 11.8. The van der Waals surface area contributed by atoms with Crippen molar-refractivity contribution in [3.63, 3.8) is 0 Å². The van der Waals surface area contributed by atoms with Crippen LogP contribution in [-0.2, 0) is 9.59 Å². The number of aliphatic hydroxyl groups excluding tert-OH is 1. The Balaban J connectivity index is 1.34. The van der Waals surface area contributed by atoms with Crippen LogP contribution in [0.5, 0.6) is 11.5 Å². The molecule has 1 aliphatic carbocycles. The summed E-state index contributed by atoms with van der Waals surface area (Å²) in [6.07, 6.45) is 7.18. The largest absolute Gasteiger partial charge is 0.454 e. The summed E-state index contributed by atoms with van der Waals surface area (Å²) in [6.45, 7) is 0.849. The molecule has 1 heterocycles. The van der Waals surface area contributed by atoms with E-state index in [2.05, 4.69) is 16.7 Å². The number of carbonyl (C=O) groups excluding carboxylic acids is 2. The van der Waals surface area contributed by atoms with Gasteiger partial charge >= 0.3 is 11.8 Å². The Hall–Kier alpha value is -2.54. The molecule has 2 amide bonds. The van der Waals surface area contributed by atoms with E-state index in [-0.39, 0.29) is 13.3 Å². The van der Waals surface area contributed by atoms with E-state index in [4.69, 9.17) is 9.47 Å². The molecule has 7 nitrogen and oxygen atoms in total. The third kappa shape index (κ3) is 5.47. The quantitative estimate of drug-likeness (QED) is 0.501. The van der Waals surface area contributed by atoms with Crippen LogP contribution >= 0.6 is 0 Å². The summed E-state index contributed by atoms with van der Waals surface area (Å²) in [7, 11) is 0. The van der Waals surface area contributed by atoms with Gasteiger partial charge in [-0.05, 0) is 56.2 Å². The predicted molar refractivity (Wildman–Crippen MR) is 99.3 cm³/mol. The van der Waals surface area contributed by atoms with E-state index < -0.39 is 17.9 Å². The standard InChI is InChI=1S/C20H26N2O5/c23-16(15-6-7-17-18(12-15)27-13-26-17)9-11-22-20(25)19(24)21-10-8-14-4-2-1-3-5-14/h4,6-7,12,16,23H,1-3,5,8-11,13H2,(H,21,24)(H,22,25). The second kappa shape index (κ2) is 9.41. The molecular formula is C20H26N2O5. The zero-order valence-corrected chi connectivity index (χ0v) is 15.3. The average Bonchev–Trinajstić information content (AvgIpc) is 3.16. The Kier molecular flexibility index (Phi) is 6.70. The minimum Gasteiger partial charge on any atom is -0.454 e. The van der Waals surface area contributed by atoms with Crippen molar-refractivity contribution in [3.8, 4) is 11.5 Å². The highest BCUT2D eigenvalue weighted by molar-refractivity contribution is 6.35. The van der Waals surface area contributed by atoms with Crippen molar-refractivity contribution in [1.82, 2.24) is 10.6 Å². The molecule has 0 radical (unpaired) electrons. The van der Waals surface area contributed by atoms with Gasteiger partial charge in [-0.3, -0.25) is 9.59 Å². The van der Waals surface area contributed by atoms with Gasteiger partial charge in [-0.2, -0.15) is 0 Å². The van der Waals surface area contributed by atoms with Gasteiger partial charge in [0.1, 0.15) is 0 Å². The predicted octanol–water partition coefficient (Wildman–Crippen LogP) is 1.96. The number of nitrogens with one attached hydrogen (secondary N) is 2. The second-order valence-electron chi connectivity index (χ2n) is 6.79. The van der Waals surface area contributed by atoms with Crippen LogP contribution in [0.2, 0.25) is 0 Å². The number of fused-ring (bicyclic) bond motifs is 1. The summed E-state index contributed by atoms with van der Waals surface area (Å²) >= 11 is 0. The van der Waals surface area contributed by atoms with Gasteiger partial charge in [-0.25, -0.2) is 0 Å². The number of hydrogen-bond donors (Lipinski definition) is 3. The zero-order chi connectivity index (χ0) is 19.1. The molecule has 0 saturated carbocycles. The second-order valence-corrected chi connectivity index (χ2v) is 6.79. The lowest BCUT2D eigenvalue weighted by Crippen LogP contribution is -2.40. The molecule has 146 valence electrons. The molecule has 0 spiro atoms. The summed E-state index contributed by atoms with van der Waals surface area (Å²) in [5, 5.41) is 15.4. The van der Waals surface area contributed by atoms with Crippen molar-refractivity contribution in [3.05, 3.63) is 35.4 Å². The lowest BCUT2D eigenvalue weighted by Gasteiger charge is -2.13. The smallest absolute Gasteiger partial charge is 0.309 e. The number of benzene rings is 1. The highest BCUT2D eigenvalue weighted by Crippen LogP contribution is 2.34. The number of rotatable bonds is 7. The van der Waals surface area contributed by atoms with Gasteiger partial charge in [0.15, 0.2) is 11.5 Å². The van der Waals surface area contributed by atoms with E-state index in [9.17, 15) is 14.7 Å². The molecule has 0 aromatic heterocycles. The van der Waals surface area contributed by atoms with E-state index in [1.54, 1.807) is 18.2 Å². The van der Waals surface area contributed by atoms with Crippen molar-refractivity contribution < 1.29 is 24.2 Å². The molecule has 0 fully saturated rings. The Labute approximate surface area is 158 Å². The molecule has 27 heavy (non-hydrogen) atoms. The highest BCUT2D eigenvalue weighted by atomic mass is 16.7. The Morgan fingerprint density at radius 2 is 1.85 bits per heavy atom. The molecule has 0 bridgehead atoms. The van der Waals surface area contributed by atoms with Crippen LogP contribution in [0, 0.1) is 0 Å². The number of aliphatic hydroxyl groups is 1. The summed E-state index contributed by atoms with van der Waals surface area (Å²) in [5.74, 6) is -0.0579. The first kappa shape index (κ1) is 19.2. The number of allylic oxidation sites excluding steroid dienone is 1. The minimum atomic E-state index is -0.763. The lowest BCUT2D eigenvalue weighted by molar-refractivity contribution is -0.139. The van der Waals surface area contributed by atoms with Crippen LogP contribution in [-0.4, -0.2) is 36.8 Å². The van der Waals surface area contributed by atoms with Crippen molar-refractivity contribution in [2.75, 3.05) is 19.9 Å². The number of carbonyl (C=O) groups is 2. The van der Waals surface area contributed by atoms with E-state index in [0.717, 1.165) is 19.3 Å². The van der Waals surface area contributed by atoms with Crippen molar-refractivity contribution in [2.45, 2.75) is 44.6 Å². The fraction of sp³-hybridized carbons (Fsp3) is 0.500. The molecule has 1 atom stereocenters. The number of hydrogen-bond acceptors (Lipinski definition) is 5. The van der Waals surface area contributed by atoms with Crippen molar-refractivity contribution >= 4 is 11.8 Å². The maximum atomic E-state index is 11.8. The molecule has 3 N–H and O–H groups in total. The van der Waals surface area contributed by atoms with E-state index >= 15 is 0 Å². The number of ether oxygens (including phenoxy) is 2. The minimum absolute atomic E-state index is 0.178. The van der Waals surface area contributed by atoms with Gasteiger partial charge in [-0.1, -0.05) is 17.7 Å². The fourth-order valence-corrected chi connectivity index (χ4v) is 3.24. The molecular weight excluding hydrogens is 348 g/mol. The zero-order valence-electron chi connectivity index (χ0n) is 15.3.